The van der Waals surface area contributed by atoms with Crippen molar-refractivity contribution in [2.45, 2.75) is 32.4 Å². The maximum Gasteiger partial charge on any atom is 0.254 e. The Morgan fingerprint density at radius 3 is 2.71 bits per heavy atom. The van der Waals surface area contributed by atoms with Gasteiger partial charge in [0.15, 0.2) is 0 Å². The van der Waals surface area contributed by atoms with Crippen molar-refractivity contribution in [1.29, 1.82) is 0 Å². The summed E-state index contributed by atoms with van der Waals surface area (Å²) in [6, 6.07) is 8.05. The molecule has 3 aromatic rings. The molecule has 1 atom stereocenters. The smallest absolute Gasteiger partial charge is 0.254 e. The fourth-order valence-corrected chi connectivity index (χ4v) is 4.05. The Kier molecular flexibility index (Phi) is 6.60. The number of nitrogen functional groups attached to an aromatic ring is 1. The van der Waals surface area contributed by atoms with Gasteiger partial charge in [0.25, 0.3) is 11.8 Å². The second kappa shape index (κ2) is 9.60. The van der Waals surface area contributed by atoms with Crippen molar-refractivity contribution in [2.24, 2.45) is 5.73 Å². The number of halogens is 2. The van der Waals surface area contributed by atoms with Crippen molar-refractivity contribution in [3.63, 3.8) is 0 Å². The van der Waals surface area contributed by atoms with E-state index in [1.54, 1.807) is 13.0 Å². The third-order valence-corrected chi connectivity index (χ3v) is 5.86. The van der Waals surface area contributed by atoms with E-state index < -0.39 is 23.4 Å². The summed E-state index contributed by atoms with van der Waals surface area (Å²) in [6.45, 7) is 2.74. The van der Waals surface area contributed by atoms with Gasteiger partial charge in [-0.25, -0.2) is 13.5 Å². The zero-order chi connectivity index (χ0) is 24.4. The minimum absolute atomic E-state index is 0.0185. The monoisotopic (exact) mass is 469 g/mol. The van der Waals surface area contributed by atoms with E-state index in [1.807, 2.05) is 0 Å². The Hall–Kier alpha value is -3.79. The molecular weight excluding hydrogens is 444 g/mol. The lowest BCUT2D eigenvalue weighted by molar-refractivity contribution is 0.0558. The van der Waals surface area contributed by atoms with Crippen LogP contribution >= 0.6 is 0 Å². The molecule has 0 aliphatic carbocycles. The molecule has 1 aromatic heterocycles. The van der Waals surface area contributed by atoms with Crippen LogP contribution in [-0.2, 0) is 11.3 Å². The number of carbonyl (C=O) groups is 2. The first-order chi connectivity index (χ1) is 16.3. The highest BCUT2D eigenvalue weighted by Crippen LogP contribution is 2.33. The summed E-state index contributed by atoms with van der Waals surface area (Å²) in [7, 11) is 0. The molecule has 34 heavy (non-hydrogen) atoms. The first-order valence-electron chi connectivity index (χ1n) is 10.8. The predicted molar refractivity (Wildman–Crippen MR) is 122 cm³/mol. The summed E-state index contributed by atoms with van der Waals surface area (Å²) < 4.78 is 35.5. The second-order valence-electron chi connectivity index (χ2n) is 8.24. The van der Waals surface area contributed by atoms with Gasteiger partial charge in [0.05, 0.1) is 12.6 Å². The van der Waals surface area contributed by atoms with Gasteiger partial charge in [-0.1, -0.05) is 12.1 Å². The number of carbonyl (C=O) groups excluding carboxylic acids is 2. The van der Waals surface area contributed by atoms with Gasteiger partial charge in [0.1, 0.15) is 28.7 Å². The number of benzene rings is 2. The fourth-order valence-electron chi connectivity index (χ4n) is 4.05. The highest BCUT2D eigenvalue weighted by molar-refractivity contribution is 6.03. The van der Waals surface area contributed by atoms with E-state index in [0.29, 0.717) is 24.3 Å². The Morgan fingerprint density at radius 1 is 1.24 bits per heavy atom. The molecule has 8 nitrogen and oxygen atoms in total. The summed E-state index contributed by atoms with van der Waals surface area (Å²) in [5, 5.41) is 7.07. The Bertz CT molecular complexity index is 1250. The number of aryl methyl sites for hydroxylation is 1. The van der Waals surface area contributed by atoms with Crippen molar-refractivity contribution in [1.82, 2.24) is 15.1 Å². The Labute approximate surface area is 194 Å². The molecule has 1 saturated heterocycles. The van der Waals surface area contributed by atoms with Crippen LogP contribution in [0.1, 0.15) is 50.7 Å². The minimum Gasteiger partial charge on any atom is -0.383 e. The van der Waals surface area contributed by atoms with Crippen LogP contribution in [0.2, 0.25) is 0 Å². The van der Waals surface area contributed by atoms with Crippen LogP contribution in [0.3, 0.4) is 0 Å². The number of nitrogens with zero attached hydrogens (tertiary/aromatic N) is 2. The normalized spacial score (nSPS) is 15.8. The average Bonchev–Trinajstić information content (AvgIpc) is 3.16. The van der Waals surface area contributed by atoms with Crippen molar-refractivity contribution in [2.75, 3.05) is 18.9 Å². The molecule has 178 valence electrons. The number of hydrogen-bond donors (Lipinski definition) is 3. The number of anilines is 1. The van der Waals surface area contributed by atoms with Gasteiger partial charge < -0.3 is 21.5 Å². The van der Waals surface area contributed by atoms with Crippen molar-refractivity contribution >= 4 is 17.6 Å². The zero-order valence-corrected chi connectivity index (χ0v) is 18.6. The van der Waals surface area contributed by atoms with E-state index in [-0.39, 0.29) is 40.8 Å². The largest absolute Gasteiger partial charge is 0.383 e. The van der Waals surface area contributed by atoms with Crippen molar-refractivity contribution < 1.29 is 23.1 Å². The highest BCUT2D eigenvalue weighted by Gasteiger charge is 2.28. The third-order valence-electron chi connectivity index (χ3n) is 5.86. The fraction of sp³-hybridized carbons (Fsp3) is 0.292. The topological polar surface area (TPSA) is 125 Å². The number of nitrogens with two attached hydrogens (primary N) is 2. The van der Waals surface area contributed by atoms with E-state index in [2.05, 4.69) is 10.4 Å². The van der Waals surface area contributed by atoms with E-state index in [1.165, 1.54) is 28.9 Å². The lowest BCUT2D eigenvalue weighted by atomic mass is 10.0. The molecule has 10 heteroatoms. The van der Waals surface area contributed by atoms with Crippen LogP contribution in [0.15, 0.2) is 36.4 Å². The van der Waals surface area contributed by atoms with E-state index >= 15 is 4.39 Å². The Balaban J connectivity index is 1.58. The molecule has 2 aromatic carbocycles. The van der Waals surface area contributed by atoms with Gasteiger partial charge in [0, 0.05) is 24.3 Å². The standard InChI is InChI=1S/C24H25F2N5O3/c1-13-4-6-15(25)10-18(13)24(33)29-11-14-5-7-17(19(26)9-14)21-20(23(28)32)22(27)31(30-21)16-3-2-8-34-12-16/h4-7,9-10,16H,2-3,8,11-12,27H2,1H3,(H2,28,32)(H,29,33). The quantitative estimate of drug-likeness (QED) is 0.512. The van der Waals surface area contributed by atoms with Gasteiger partial charge in [-0.3, -0.25) is 9.59 Å². The number of amides is 2. The lowest BCUT2D eigenvalue weighted by Gasteiger charge is -2.23. The summed E-state index contributed by atoms with van der Waals surface area (Å²) >= 11 is 0. The van der Waals surface area contributed by atoms with Crippen LogP contribution in [0.5, 0.6) is 0 Å². The maximum absolute atomic E-state index is 15.1. The van der Waals surface area contributed by atoms with Crippen LogP contribution in [0.25, 0.3) is 11.3 Å². The summed E-state index contributed by atoms with van der Waals surface area (Å²) in [4.78, 5) is 24.5. The minimum atomic E-state index is -0.809. The van der Waals surface area contributed by atoms with Crippen molar-refractivity contribution in [3.05, 3.63) is 70.3 Å². The number of rotatable bonds is 6. The molecule has 0 bridgehead atoms. The molecule has 2 amide bonds. The lowest BCUT2D eigenvalue weighted by Crippen LogP contribution is -2.24. The van der Waals surface area contributed by atoms with Gasteiger partial charge in [-0.15, -0.1) is 0 Å². The van der Waals surface area contributed by atoms with Gasteiger partial charge in [-0.05, 0) is 55.2 Å². The number of nitrogens with one attached hydrogen (secondary N) is 1. The molecule has 2 heterocycles. The SMILES string of the molecule is Cc1ccc(F)cc1C(=O)NCc1ccc(-c2nn(C3CCCOC3)c(N)c2C(N)=O)c(F)c1. The van der Waals surface area contributed by atoms with Gasteiger partial charge in [-0.2, -0.15) is 5.10 Å². The molecule has 0 saturated carbocycles. The molecule has 0 spiro atoms. The number of aromatic nitrogens is 2. The number of primary amides is 1. The molecule has 5 N–H and O–H groups in total. The van der Waals surface area contributed by atoms with E-state index in [4.69, 9.17) is 16.2 Å². The van der Waals surface area contributed by atoms with E-state index in [0.717, 1.165) is 18.9 Å². The van der Waals surface area contributed by atoms with Crippen LogP contribution in [-0.4, -0.2) is 34.8 Å². The summed E-state index contributed by atoms with van der Waals surface area (Å²) in [6.07, 6.45) is 1.57. The Morgan fingerprint density at radius 2 is 2.03 bits per heavy atom. The van der Waals surface area contributed by atoms with Gasteiger partial charge >= 0.3 is 0 Å². The zero-order valence-electron chi connectivity index (χ0n) is 18.6. The third kappa shape index (κ3) is 4.62. The first-order valence-corrected chi connectivity index (χ1v) is 10.8. The molecule has 1 aliphatic heterocycles. The predicted octanol–water partition coefficient (Wildman–Crippen LogP) is 3.10. The summed E-state index contributed by atoms with van der Waals surface area (Å²) in [5.74, 6) is -2.38. The average molecular weight is 469 g/mol. The van der Waals surface area contributed by atoms with E-state index in [9.17, 15) is 14.0 Å². The van der Waals surface area contributed by atoms with Gasteiger partial charge in [0.2, 0.25) is 0 Å². The molecule has 4 rings (SSSR count). The maximum atomic E-state index is 15.1. The van der Waals surface area contributed by atoms with Crippen LogP contribution < -0.4 is 16.8 Å². The first kappa shape index (κ1) is 23.4. The molecule has 0 radical (unpaired) electrons. The number of hydrogen-bond acceptors (Lipinski definition) is 5. The molecule has 1 fully saturated rings. The number of ether oxygens (including phenoxy) is 1. The molecular formula is C24H25F2N5O3. The summed E-state index contributed by atoms with van der Waals surface area (Å²) in [5.41, 5.74) is 13.1. The van der Waals surface area contributed by atoms with Crippen molar-refractivity contribution in [3.8, 4) is 11.3 Å². The highest BCUT2D eigenvalue weighted by atomic mass is 19.1. The van der Waals surface area contributed by atoms with Crippen LogP contribution in [0, 0.1) is 18.6 Å². The molecule has 1 aliphatic rings. The van der Waals surface area contributed by atoms with Crippen LogP contribution in [0.4, 0.5) is 14.6 Å². The molecule has 1 unspecified atom stereocenters. The second-order valence-corrected chi connectivity index (χ2v) is 8.24.